The summed E-state index contributed by atoms with van der Waals surface area (Å²) in [4.78, 5) is 39.2. The molecule has 0 radical (unpaired) electrons. The minimum absolute atomic E-state index is 0.00807. The number of ketones is 1. The molecule has 49 heavy (non-hydrogen) atoms. The third kappa shape index (κ3) is 7.40. The van der Waals surface area contributed by atoms with Gasteiger partial charge in [-0.05, 0) is 86.3 Å². The van der Waals surface area contributed by atoms with Crippen LogP contribution >= 0.6 is 0 Å². The van der Waals surface area contributed by atoms with Crippen LogP contribution in [0.1, 0.15) is 99.3 Å². The van der Waals surface area contributed by atoms with E-state index >= 15 is 0 Å². The number of carbonyl (C=O) groups excluding carboxylic acids is 3. The Morgan fingerprint density at radius 3 is 2.59 bits per heavy atom. The maximum absolute atomic E-state index is 14.1. The number of aliphatic hydroxyl groups excluding tert-OH is 2. The highest BCUT2D eigenvalue weighted by Crippen LogP contribution is 2.49. The fourth-order valence-electron chi connectivity index (χ4n) is 8.11. The highest BCUT2D eigenvalue weighted by molar-refractivity contribution is 5.89. The second-order valence-corrected chi connectivity index (χ2v) is 14.1. The quantitative estimate of drug-likeness (QED) is 0.127. The number of hydrogen-bond acceptors (Lipinski definition) is 10. The van der Waals surface area contributed by atoms with Crippen LogP contribution in [-0.2, 0) is 32.1 Å². The number of anilines is 1. The number of Topliss-reactive ketones (excluding diaryl/α,β-unsaturated/α-hetero) is 1. The third-order valence-corrected chi connectivity index (χ3v) is 10.6. The van der Waals surface area contributed by atoms with Gasteiger partial charge in [-0.25, -0.2) is 4.79 Å². The first-order valence-electron chi connectivity index (χ1n) is 17.3. The average molecular weight is 672 g/mol. The van der Waals surface area contributed by atoms with Gasteiger partial charge in [0.05, 0.1) is 25.0 Å². The largest absolute Gasteiger partial charge is 0.508 e. The minimum atomic E-state index is -1.43. The number of phenols is 1. The molecular weight excluding hydrogens is 626 g/mol. The van der Waals surface area contributed by atoms with Gasteiger partial charge in [-0.3, -0.25) is 9.59 Å². The number of phenolic OH excluding ortho intramolecular Hbond substituents is 1. The summed E-state index contributed by atoms with van der Waals surface area (Å²) < 4.78 is 11.8. The van der Waals surface area contributed by atoms with Crippen LogP contribution in [0.2, 0.25) is 0 Å². The highest BCUT2D eigenvalue weighted by atomic mass is 16.6. The highest BCUT2D eigenvalue weighted by Gasteiger charge is 2.52. The number of rotatable bonds is 6. The first kappa shape index (κ1) is 34.7. The number of carbonyl (C=O) groups is 3. The van der Waals surface area contributed by atoms with Crippen LogP contribution in [0.15, 0.2) is 42.0 Å². The fraction of sp³-hybridized carbons (Fsp3) is 0.513. The van der Waals surface area contributed by atoms with Crippen LogP contribution in [0, 0.1) is 23.7 Å². The van der Waals surface area contributed by atoms with Crippen LogP contribution in [0.25, 0.3) is 0 Å². The summed E-state index contributed by atoms with van der Waals surface area (Å²) in [5, 5.41) is 46.8. The van der Waals surface area contributed by atoms with Gasteiger partial charge in [0.2, 0.25) is 0 Å². The Labute approximate surface area is 286 Å². The standard InChI is InChI=1S/C39H45NO9/c1-3-24-13-25(28-11-23(21-41)12-30(14-28)40-20-22(2)42)6-7-26-18-37(45)48-35-19-34(44)29(16-32(26)35)17-36(49-38(24)46)39(47)10-4-5-27-15-31(43)8-9-33(27)39/h3,11-12,14,16,19,22,25-27,33,36,40-42,44,47H,4-5,8-10,13,15,17-18,20-21H2,1-2H3/b24-3-/t22-,25+,26+,27+,33-,36+,39-/m0/s1. The molecule has 0 spiro atoms. The Balaban J connectivity index is 1.46. The summed E-state index contributed by atoms with van der Waals surface area (Å²) in [6.07, 6.45) is 3.33. The number of cyclic esters (lactones) is 1. The minimum Gasteiger partial charge on any atom is -0.508 e. The monoisotopic (exact) mass is 671 g/mol. The van der Waals surface area contributed by atoms with E-state index in [1.165, 1.54) is 6.07 Å². The zero-order valence-electron chi connectivity index (χ0n) is 28.0. The Morgan fingerprint density at radius 2 is 1.84 bits per heavy atom. The second-order valence-electron chi connectivity index (χ2n) is 14.1. The van der Waals surface area contributed by atoms with E-state index in [0.29, 0.717) is 60.1 Å². The zero-order valence-corrected chi connectivity index (χ0v) is 28.0. The van der Waals surface area contributed by atoms with Gasteiger partial charge in [-0.15, -0.1) is 0 Å². The number of ether oxygens (including phenoxy) is 2. The van der Waals surface area contributed by atoms with Gasteiger partial charge in [0, 0.05) is 54.6 Å². The van der Waals surface area contributed by atoms with Gasteiger partial charge < -0.3 is 35.2 Å². The molecule has 2 aromatic carbocycles. The van der Waals surface area contributed by atoms with Gasteiger partial charge >= 0.3 is 11.9 Å². The molecule has 2 fully saturated rings. The van der Waals surface area contributed by atoms with Crippen molar-refractivity contribution in [1.82, 2.24) is 0 Å². The van der Waals surface area contributed by atoms with Crippen LogP contribution in [-0.4, -0.2) is 62.5 Å². The predicted molar refractivity (Wildman–Crippen MR) is 181 cm³/mol. The number of hydrogen-bond donors (Lipinski definition) is 5. The molecular formula is C39H45NO9. The molecule has 0 amide bonds. The van der Waals surface area contributed by atoms with Crippen molar-refractivity contribution < 1.29 is 44.3 Å². The lowest BCUT2D eigenvalue weighted by molar-refractivity contribution is -0.187. The van der Waals surface area contributed by atoms with Gasteiger partial charge in [-0.2, -0.15) is 0 Å². The van der Waals surface area contributed by atoms with Crippen molar-refractivity contribution in [2.24, 2.45) is 11.8 Å². The van der Waals surface area contributed by atoms with E-state index < -0.39 is 41.6 Å². The summed E-state index contributed by atoms with van der Waals surface area (Å²) in [7, 11) is 0. The van der Waals surface area contributed by atoms with Crippen molar-refractivity contribution in [2.75, 3.05) is 11.9 Å². The van der Waals surface area contributed by atoms with Crippen molar-refractivity contribution in [3.63, 3.8) is 0 Å². The lowest BCUT2D eigenvalue weighted by atomic mass is 9.60. The van der Waals surface area contributed by atoms with Gasteiger partial charge in [0.1, 0.15) is 29.0 Å². The molecule has 2 saturated carbocycles. The average Bonchev–Trinajstić information content (AvgIpc) is 3.07. The molecule has 260 valence electrons. The maximum Gasteiger partial charge on any atom is 0.334 e. The van der Waals surface area contributed by atoms with E-state index in [4.69, 9.17) is 9.47 Å². The van der Waals surface area contributed by atoms with E-state index in [-0.39, 0.29) is 61.5 Å². The van der Waals surface area contributed by atoms with E-state index in [0.717, 1.165) is 12.0 Å². The lowest BCUT2D eigenvalue weighted by Crippen LogP contribution is -2.57. The predicted octanol–water partition coefficient (Wildman–Crippen LogP) is 4.56. The van der Waals surface area contributed by atoms with Crippen molar-refractivity contribution in [1.29, 1.82) is 0 Å². The molecule has 2 aromatic rings. The Bertz CT molecular complexity index is 1720. The smallest absolute Gasteiger partial charge is 0.334 e. The molecule has 6 rings (SSSR count). The van der Waals surface area contributed by atoms with Crippen molar-refractivity contribution in [3.8, 4) is 23.3 Å². The summed E-state index contributed by atoms with van der Waals surface area (Å²) in [5.74, 6) is 4.36. The van der Waals surface area contributed by atoms with E-state index in [1.54, 1.807) is 32.1 Å². The molecule has 4 aliphatic rings. The number of aromatic hydroxyl groups is 1. The SMILES string of the molecule is C/C=C1/C[C@H](c2cc(CO)cc(NC[C@H](C)O)c2)C#C[C@@H]2CC(=O)Oc3cc(O)c(cc32)C[C@H]([C@]2(O)CCC[C@@H]3CC(=O)CC[C@@H]32)OC1=O. The summed E-state index contributed by atoms with van der Waals surface area (Å²) >= 11 is 0. The number of esters is 2. The number of nitrogens with one attached hydrogen (secondary N) is 1. The molecule has 2 heterocycles. The molecule has 10 heteroatoms. The molecule has 0 aromatic heterocycles. The number of allylic oxidation sites excluding steroid dienone is 1. The zero-order chi connectivity index (χ0) is 34.9. The van der Waals surface area contributed by atoms with Crippen molar-refractivity contribution in [3.05, 3.63) is 64.2 Å². The molecule has 2 bridgehead atoms. The van der Waals surface area contributed by atoms with Gasteiger partial charge in [0.25, 0.3) is 0 Å². The van der Waals surface area contributed by atoms with Crippen LogP contribution in [0.5, 0.6) is 11.5 Å². The van der Waals surface area contributed by atoms with E-state index in [9.17, 15) is 34.8 Å². The van der Waals surface area contributed by atoms with Crippen LogP contribution in [0.4, 0.5) is 5.69 Å². The van der Waals surface area contributed by atoms with E-state index in [1.807, 2.05) is 12.1 Å². The molecule has 0 saturated heterocycles. The number of aliphatic hydroxyl groups is 3. The summed E-state index contributed by atoms with van der Waals surface area (Å²) in [5.41, 5.74) is 1.97. The fourth-order valence-corrected chi connectivity index (χ4v) is 8.11. The number of fused-ring (bicyclic) bond motifs is 2. The van der Waals surface area contributed by atoms with Crippen molar-refractivity contribution >= 4 is 23.4 Å². The van der Waals surface area contributed by atoms with Gasteiger partial charge in [-0.1, -0.05) is 30.4 Å². The van der Waals surface area contributed by atoms with Crippen LogP contribution in [0.3, 0.4) is 0 Å². The normalized spacial score (nSPS) is 29.9. The summed E-state index contributed by atoms with van der Waals surface area (Å²) in [6.45, 7) is 3.45. The first-order valence-corrected chi connectivity index (χ1v) is 17.3. The molecule has 2 aliphatic carbocycles. The Hall–Kier alpha value is -4.17. The summed E-state index contributed by atoms with van der Waals surface area (Å²) in [6, 6.07) is 8.60. The van der Waals surface area contributed by atoms with E-state index in [2.05, 4.69) is 17.2 Å². The Morgan fingerprint density at radius 1 is 1.04 bits per heavy atom. The molecule has 10 nitrogen and oxygen atoms in total. The maximum atomic E-state index is 14.1. The molecule has 0 unspecified atom stereocenters. The topological polar surface area (TPSA) is 163 Å². The Kier molecular flexibility index (Phi) is 10.2. The molecule has 5 N–H and O–H groups in total. The molecule has 2 aliphatic heterocycles. The van der Waals surface area contributed by atoms with Gasteiger partial charge in [0.15, 0.2) is 0 Å². The lowest BCUT2D eigenvalue weighted by Gasteiger charge is -2.50. The third-order valence-electron chi connectivity index (χ3n) is 10.6. The first-order chi connectivity index (χ1) is 23.5. The van der Waals surface area contributed by atoms with Crippen molar-refractivity contribution in [2.45, 2.75) is 108 Å². The van der Waals surface area contributed by atoms with Crippen LogP contribution < -0.4 is 10.1 Å². The number of benzene rings is 2. The second kappa shape index (κ2) is 14.4. The molecule has 7 atom stereocenters.